The summed E-state index contributed by atoms with van der Waals surface area (Å²) in [4.78, 5) is 13.7. The molecule has 2 heterocycles. The largest absolute Gasteiger partial charge is 0.344 e. The molecular weight excluding hydrogens is 282 g/mol. The van der Waals surface area contributed by atoms with Crippen LogP contribution in [0, 0.1) is 5.92 Å². The lowest BCUT2D eigenvalue weighted by molar-refractivity contribution is 0.0926. The highest BCUT2D eigenvalue weighted by molar-refractivity contribution is 7.10. The summed E-state index contributed by atoms with van der Waals surface area (Å²) >= 11 is 1.67. The van der Waals surface area contributed by atoms with E-state index in [0.717, 1.165) is 10.9 Å². The van der Waals surface area contributed by atoms with Crippen LogP contribution in [0.4, 0.5) is 0 Å². The monoisotopic (exact) mass is 299 g/mol. The van der Waals surface area contributed by atoms with E-state index in [0.29, 0.717) is 11.5 Å². The van der Waals surface area contributed by atoms with Gasteiger partial charge in [-0.05, 0) is 29.5 Å². The summed E-state index contributed by atoms with van der Waals surface area (Å²) < 4.78 is 0. The Labute approximate surface area is 127 Å². The topological polar surface area (TPSA) is 57.8 Å². The molecule has 0 saturated carbocycles. The van der Waals surface area contributed by atoms with Gasteiger partial charge in [0.1, 0.15) is 0 Å². The molecule has 0 aliphatic rings. The molecule has 2 N–H and O–H groups in total. The maximum atomic E-state index is 12.5. The van der Waals surface area contributed by atoms with Crippen LogP contribution in [0.25, 0.3) is 10.9 Å². The Morgan fingerprint density at radius 1 is 1.33 bits per heavy atom. The first-order valence-corrected chi connectivity index (χ1v) is 7.80. The first-order chi connectivity index (χ1) is 10.1. The van der Waals surface area contributed by atoms with E-state index in [1.807, 2.05) is 29.6 Å². The highest BCUT2D eigenvalue weighted by Crippen LogP contribution is 2.26. The molecule has 4 nitrogen and oxygen atoms in total. The van der Waals surface area contributed by atoms with Crippen LogP contribution in [0.2, 0.25) is 0 Å². The Morgan fingerprint density at radius 3 is 2.90 bits per heavy atom. The number of aromatic amines is 1. The molecule has 3 aromatic rings. The van der Waals surface area contributed by atoms with E-state index in [1.165, 1.54) is 4.88 Å². The average molecular weight is 299 g/mol. The Hall–Kier alpha value is -2.14. The smallest absolute Gasteiger partial charge is 0.251 e. The van der Waals surface area contributed by atoms with Crippen LogP contribution in [-0.2, 0) is 0 Å². The Kier molecular flexibility index (Phi) is 3.75. The van der Waals surface area contributed by atoms with Crippen LogP contribution in [0.15, 0.2) is 41.9 Å². The van der Waals surface area contributed by atoms with Gasteiger partial charge in [0.15, 0.2) is 0 Å². The third-order valence-electron chi connectivity index (χ3n) is 3.51. The first kappa shape index (κ1) is 13.8. The molecule has 0 fully saturated rings. The number of nitrogens with one attached hydrogen (secondary N) is 2. The summed E-state index contributed by atoms with van der Waals surface area (Å²) in [5.41, 5.74) is 1.52. The SMILES string of the molecule is CC(C)[C@@H](NC(=O)c1ccc2cn[nH]c2c1)c1cccs1. The van der Waals surface area contributed by atoms with Crippen LogP contribution in [0.1, 0.15) is 35.1 Å². The maximum Gasteiger partial charge on any atom is 0.251 e. The van der Waals surface area contributed by atoms with E-state index in [1.54, 1.807) is 17.5 Å². The molecule has 0 bridgehead atoms. The number of fused-ring (bicyclic) bond motifs is 1. The van der Waals surface area contributed by atoms with Gasteiger partial charge in [0.25, 0.3) is 5.91 Å². The number of thiophene rings is 1. The van der Waals surface area contributed by atoms with Crippen molar-refractivity contribution in [2.24, 2.45) is 5.92 Å². The average Bonchev–Trinajstić information content (AvgIpc) is 3.14. The Balaban J connectivity index is 1.83. The first-order valence-electron chi connectivity index (χ1n) is 6.92. The number of benzene rings is 1. The van der Waals surface area contributed by atoms with Gasteiger partial charge < -0.3 is 5.32 Å². The second-order valence-corrected chi connectivity index (χ2v) is 6.36. The Bertz CT molecular complexity index is 746. The lowest BCUT2D eigenvalue weighted by Gasteiger charge is -2.21. The number of H-pyrrole nitrogens is 1. The van der Waals surface area contributed by atoms with E-state index >= 15 is 0 Å². The second kappa shape index (κ2) is 5.69. The standard InChI is InChI=1S/C16H17N3OS/c1-10(2)15(14-4-3-7-21-14)18-16(20)11-5-6-12-9-17-19-13(12)8-11/h3-10,15H,1-2H3,(H,17,19)(H,18,20)/t15-/m1/s1. The number of hydrogen-bond acceptors (Lipinski definition) is 3. The zero-order valence-electron chi connectivity index (χ0n) is 12.0. The second-order valence-electron chi connectivity index (χ2n) is 5.38. The molecule has 0 radical (unpaired) electrons. The minimum Gasteiger partial charge on any atom is -0.344 e. The van der Waals surface area contributed by atoms with Crippen LogP contribution in [0.3, 0.4) is 0 Å². The van der Waals surface area contributed by atoms with E-state index in [9.17, 15) is 4.79 Å². The van der Waals surface area contributed by atoms with Gasteiger partial charge in [-0.2, -0.15) is 5.10 Å². The zero-order valence-corrected chi connectivity index (χ0v) is 12.8. The molecule has 1 atom stereocenters. The van der Waals surface area contributed by atoms with Crippen LogP contribution < -0.4 is 5.32 Å². The van der Waals surface area contributed by atoms with Crippen molar-refractivity contribution in [3.8, 4) is 0 Å². The highest BCUT2D eigenvalue weighted by atomic mass is 32.1. The quantitative estimate of drug-likeness (QED) is 0.771. The summed E-state index contributed by atoms with van der Waals surface area (Å²) in [6, 6.07) is 9.69. The van der Waals surface area contributed by atoms with Gasteiger partial charge in [-0.25, -0.2) is 0 Å². The number of rotatable bonds is 4. The molecule has 0 spiro atoms. The molecule has 0 saturated heterocycles. The fraction of sp³-hybridized carbons (Fsp3) is 0.250. The number of aromatic nitrogens is 2. The van der Waals surface area contributed by atoms with Crippen molar-refractivity contribution in [3.05, 3.63) is 52.3 Å². The zero-order chi connectivity index (χ0) is 14.8. The molecule has 1 aromatic carbocycles. The maximum absolute atomic E-state index is 12.5. The van der Waals surface area contributed by atoms with Crippen molar-refractivity contribution >= 4 is 28.1 Å². The lowest BCUT2D eigenvalue weighted by Crippen LogP contribution is -2.31. The van der Waals surface area contributed by atoms with Crippen molar-refractivity contribution in [2.45, 2.75) is 19.9 Å². The molecular formula is C16H17N3OS. The number of carbonyl (C=O) groups is 1. The number of nitrogens with zero attached hydrogens (tertiary/aromatic N) is 1. The Morgan fingerprint density at radius 2 is 2.19 bits per heavy atom. The summed E-state index contributed by atoms with van der Waals surface area (Å²) in [5.74, 6) is 0.280. The van der Waals surface area contributed by atoms with Gasteiger partial charge in [0.2, 0.25) is 0 Å². The fourth-order valence-corrected chi connectivity index (χ4v) is 3.29. The van der Waals surface area contributed by atoms with E-state index in [-0.39, 0.29) is 11.9 Å². The number of hydrogen-bond donors (Lipinski definition) is 2. The number of carbonyl (C=O) groups excluding carboxylic acids is 1. The van der Waals surface area contributed by atoms with E-state index < -0.39 is 0 Å². The van der Waals surface area contributed by atoms with Crippen LogP contribution >= 0.6 is 11.3 Å². The summed E-state index contributed by atoms with van der Waals surface area (Å²) in [7, 11) is 0. The van der Waals surface area contributed by atoms with E-state index in [4.69, 9.17) is 0 Å². The molecule has 0 aliphatic heterocycles. The normalized spacial score (nSPS) is 12.7. The van der Waals surface area contributed by atoms with Crippen molar-refractivity contribution in [2.75, 3.05) is 0 Å². The lowest BCUT2D eigenvalue weighted by atomic mass is 10.0. The molecule has 21 heavy (non-hydrogen) atoms. The molecule has 2 aromatic heterocycles. The van der Waals surface area contributed by atoms with Crippen LogP contribution in [-0.4, -0.2) is 16.1 Å². The molecule has 0 unspecified atom stereocenters. The molecule has 1 amide bonds. The van der Waals surface area contributed by atoms with Crippen LogP contribution in [0.5, 0.6) is 0 Å². The fourth-order valence-electron chi connectivity index (χ4n) is 2.34. The minimum absolute atomic E-state index is 0.0370. The van der Waals surface area contributed by atoms with Crippen molar-refractivity contribution in [1.82, 2.24) is 15.5 Å². The van der Waals surface area contributed by atoms with Gasteiger partial charge >= 0.3 is 0 Å². The minimum atomic E-state index is -0.0569. The van der Waals surface area contributed by atoms with Gasteiger partial charge in [-0.3, -0.25) is 9.89 Å². The predicted molar refractivity (Wildman–Crippen MR) is 85.5 cm³/mol. The van der Waals surface area contributed by atoms with E-state index in [2.05, 4.69) is 35.4 Å². The van der Waals surface area contributed by atoms with Gasteiger partial charge in [0.05, 0.1) is 17.8 Å². The van der Waals surface area contributed by atoms with Gasteiger partial charge in [0, 0.05) is 15.8 Å². The van der Waals surface area contributed by atoms with Gasteiger partial charge in [-0.15, -0.1) is 11.3 Å². The predicted octanol–water partition coefficient (Wildman–Crippen LogP) is 3.75. The molecule has 108 valence electrons. The molecule has 3 rings (SSSR count). The molecule has 5 heteroatoms. The number of amides is 1. The summed E-state index contributed by atoms with van der Waals surface area (Å²) in [6.07, 6.45) is 1.75. The van der Waals surface area contributed by atoms with Crippen molar-refractivity contribution in [1.29, 1.82) is 0 Å². The van der Waals surface area contributed by atoms with Crippen molar-refractivity contribution in [3.63, 3.8) is 0 Å². The molecule has 0 aliphatic carbocycles. The van der Waals surface area contributed by atoms with Gasteiger partial charge in [-0.1, -0.05) is 26.0 Å². The summed E-state index contributed by atoms with van der Waals surface area (Å²) in [6.45, 7) is 4.23. The summed E-state index contributed by atoms with van der Waals surface area (Å²) in [5, 5.41) is 13.0. The highest BCUT2D eigenvalue weighted by Gasteiger charge is 2.20. The third-order valence-corrected chi connectivity index (χ3v) is 4.46. The van der Waals surface area contributed by atoms with Crippen molar-refractivity contribution < 1.29 is 4.79 Å². The third kappa shape index (κ3) is 2.83.